The van der Waals surface area contributed by atoms with Gasteiger partial charge in [0.15, 0.2) is 0 Å². The summed E-state index contributed by atoms with van der Waals surface area (Å²) in [4.78, 5) is 18.3. The number of hydrogen-bond acceptors (Lipinski definition) is 8. The zero-order chi connectivity index (χ0) is 25.9. The van der Waals surface area contributed by atoms with Crippen LogP contribution in [0.25, 0.3) is 21.3 Å². The van der Waals surface area contributed by atoms with Gasteiger partial charge in [-0.2, -0.15) is 0 Å². The normalized spacial score (nSPS) is 12.1. The average molecular weight is 512 g/mol. The highest BCUT2D eigenvalue weighted by Crippen LogP contribution is 2.36. The molecule has 0 saturated heterocycles. The molecule has 0 aliphatic carbocycles. The number of anilines is 1. The average Bonchev–Trinajstić information content (AvgIpc) is 3.35. The van der Waals surface area contributed by atoms with Crippen molar-refractivity contribution in [2.75, 3.05) is 19.4 Å². The number of phenols is 1. The number of benzene rings is 2. The second-order valence-corrected chi connectivity index (χ2v) is 10.3. The maximum Gasteiger partial charge on any atom is 0.220 e. The number of fused-ring (bicyclic) bond motifs is 1. The first-order chi connectivity index (χ1) is 17.9. The number of aryl methyl sites for hydroxylation is 1. The molecule has 1 unspecified atom stereocenters. The molecule has 0 bridgehead atoms. The molecule has 0 fully saturated rings. The lowest BCUT2D eigenvalue weighted by atomic mass is 10.1. The molecule has 3 heterocycles. The molecule has 7 nitrogen and oxygen atoms in total. The summed E-state index contributed by atoms with van der Waals surface area (Å²) in [6.45, 7) is 4.90. The van der Waals surface area contributed by atoms with E-state index in [0.29, 0.717) is 17.5 Å². The summed E-state index contributed by atoms with van der Waals surface area (Å²) in [5.41, 5.74) is 3.31. The second kappa shape index (κ2) is 10.5. The number of aromatic nitrogens is 3. The van der Waals surface area contributed by atoms with Gasteiger partial charge in [0.05, 0.1) is 17.8 Å². The number of aromatic hydroxyl groups is 1. The van der Waals surface area contributed by atoms with Gasteiger partial charge in [-0.25, -0.2) is 15.0 Å². The third kappa shape index (κ3) is 5.71. The molecular formula is C29H29N5O2S. The number of phenolic OH excluding ortho intramolecular Hbond substituents is 1. The van der Waals surface area contributed by atoms with Gasteiger partial charge in [-0.1, -0.05) is 30.3 Å². The molecule has 188 valence electrons. The smallest absolute Gasteiger partial charge is 0.220 e. The third-order valence-electron chi connectivity index (χ3n) is 5.89. The van der Waals surface area contributed by atoms with Crippen molar-refractivity contribution < 1.29 is 9.84 Å². The molecule has 2 N–H and O–H groups in total. The number of hydrogen-bond donors (Lipinski definition) is 2. The van der Waals surface area contributed by atoms with Crippen LogP contribution in [0.2, 0.25) is 0 Å². The molecule has 0 spiro atoms. The quantitative estimate of drug-likeness (QED) is 0.237. The highest BCUT2D eigenvalue weighted by Gasteiger charge is 2.16. The van der Waals surface area contributed by atoms with Crippen molar-refractivity contribution in [1.29, 1.82) is 0 Å². The molecule has 0 aliphatic heterocycles. The number of thiophene rings is 1. The minimum Gasteiger partial charge on any atom is -0.508 e. The lowest BCUT2D eigenvalue weighted by Gasteiger charge is -2.16. The molecule has 5 rings (SSSR count). The summed E-state index contributed by atoms with van der Waals surface area (Å²) in [6.07, 6.45) is 1.68. The second-order valence-electron chi connectivity index (χ2n) is 9.22. The van der Waals surface area contributed by atoms with E-state index in [2.05, 4.69) is 77.6 Å². The first-order valence-electron chi connectivity index (χ1n) is 12.1. The largest absolute Gasteiger partial charge is 0.508 e. The topological polar surface area (TPSA) is 83.4 Å². The Morgan fingerprint density at radius 3 is 2.68 bits per heavy atom. The van der Waals surface area contributed by atoms with Crippen LogP contribution < -0.4 is 10.1 Å². The van der Waals surface area contributed by atoms with Gasteiger partial charge in [-0.05, 0) is 63.3 Å². The molecular weight excluding hydrogens is 482 g/mol. The van der Waals surface area contributed by atoms with Crippen molar-refractivity contribution in [3.8, 4) is 27.8 Å². The number of nitrogens with one attached hydrogen (secondary N) is 1. The van der Waals surface area contributed by atoms with Crippen molar-refractivity contribution in [2.24, 2.45) is 0 Å². The van der Waals surface area contributed by atoms with Gasteiger partial charge in [-0.15, -0.1) is 11.3 Å². The maximum absolute atomic E-state index is 9.74. The number of pyridine rings is 1. The highest BCUT2D eigenvalue weighted by molar-refractivity contribution is 7.15. The summed E-state index contributed by atoms with van der Waals surface area (Å²) in [7, 11) is 4.18. The molecule has 5 aromatic rings. The van der Waals surface area contributed by atoms with Gasteiger partial charge in [0.25, 0.3) is 0 Å². The molecule has 0 saturated carbocycles. The standard InChI is InChI=1S/C29H29N5O2S/c1-18(26-12-13-27(37-26)23-11-6-5-8-20(23)17-34(3)4)31-29-24-15-28(30-16-25(24)32-19(2)33-29)36-22-10-7-9-21(35)14-22/h5-16,18,35H,17H2,1-4H3,(H,31,32,33). The lowest BCUT2D eigenvalue weighted by molar-refractivity contribution is 0.403. The fourth-order valence-electron chi connectivity index (χ4n) is 4.21. The first-order valence-corrected chi connectivity index (χ1v) is 12.9. The Morgan fingerprint density at radius 2 is 1.86 bits per heavy atom. The summed E-state index contributed by atoms with van der Waals surface area (Å²) in [5.74, 6) is 2.42. The van der Waals surface area contributed by atoms with E-state index in [1.165, 1.54) is 20.9 Å². The van der Waals surface area contributed by atoms with E-state index in [1.54, 1.807) is 41.8 Å². The monoisotopic (exact) mass is 511 g/mol. The Labute approximate surface area is 220 Å². The van der Waals surface area contributed by atoms with Crippen molar-refractivity contribution >= 4 is 28.1 Å². The van der Waals surface area contributed by atoms with Gasteiger partial charge in [0.2, 0.25) is 5.88 Å². The fourth-order valence-corrected chi connectivity index (χ4v) is 5.28. The van der Waals surface area contributed by atoms with Crippen LogP contribution in [0.1, 0.15) is 29.2 Å². The van der Waals surface area contributed by atoms with Crippen molar-refractivity contribution in [3.63, 3.8) is 0 Å². The molecule has 1 atom stereocenters. The first kappa shape index (κ1) is 24.7. The van der Waals surface area contributed by atoms with Gasteiger partial charge in [-0.3, -0.25) is 0 Å². The van der Waals surface area contributed by atoms with Gasteiger partial charge < -0.3 is 20.1 Å². The van der Waals surface area contributed by atoms with Crippen molar-refractivity contribution in [3.05, 3.63) is 89.2 Å². The molecule has 3 aromatic heterocycles. The van der Waals surface area contributed by atoms with E-state index < -0.39 is 0 Å². The predicted molar refractivity (Wildman–Crippen MR) is 149 cm³/mol. The fraction of sp³-hybridized carbons (Fsp3) is 0.207. The van der Waals surface area contributed by atoms with Crippen molar-refractivity contribution in [2.45, 2.75) is 26.4 Å². The Balaban J connectivity index is 1.42. The number of nitrogens with zero attached hydrogens (tertiary/aromatic N) is 4. The van der Waals surface area contributed by atoms with Crippen LogP contribution in [0, 0.1) is 6.92 Å². The van der Waals surface area contributed by atoms with Crippen LogP contribution in [0.3, 0.4) is 0 Å². The van der Waals surface area contributed by atoms with Crippen LogP contribution in [-0.4, -0.2) is 39.1 Å². The van der Waals surface area contributed by atoms with E-state index in [0.717, 1.165) is 23.3 Å². The SMILES string of the molecule is Cc1nc(NC(C)c2ccc(-c3ccccc3CN(C)C)s2)c2cc(Oc3cccc(O)c3)ncc2n1. The van der Waals surface area contributed by atoms with E-state index in [9.17, 15) is 5.11 Å². The summed E-state index contributed by atoms with van der Waals surface area (Å²) >= 11 is 1.79. The van der Waals surface area contributed by atoms with Crippen LogP contribution in [0.5, 0.6) is 17.4 Å². The molecule has 0 radical (unpaired) electrons. The maximum atomic E-state index is 9.74. The van der Waals surface area contributed by atoms with E-state index in [-0.39, 0.29) is 11.8 Å². The third-order valence-corrected chi connectivity index (χ3v) is 7.19. The van der Waals surface area contributed by atoms with Crippen LogP contribution in [0.15, 0.2) is 72.9 Å². The highest BCUT2D eigenvalue weighted by atomic mass is 32.1. The molecule has 0 aliphatic rings. The van der Waals surface area contributed by atoms with E-state index in [1.807, 2.05) is 13.0 Å². The Morgan fingerprint density at radius 1 is 1.03 bits per heavy atom. The molecule has 0 amide bonds. The summed E-state index contributed by atoms with van der Waals surface area (Å²) in [6, 6.07) is 21.4. The zero-order valence-electron chi connectivity index (χ0n) is 21.3. The molecule has 8 heteroatoms. The lowest BCUT2D eigenvalue weighted by Crippen LogP contribution is -2.11. The summed E-state index contributed by atoms with van der Waals surface area (Å²) in [5, 5.41) is 14.1. The number of rotatable bonds is 8. The van der Waals surface area contributed by atoms with Gasteiger partial charge in [0, 0.05) is 33.8 Å². The van der Waals surface area contributed by atoms with E-state index in [4.69, 9.17) is 9.72 Å². The predicted octanol–water partition coefficient (Wildman–Crippen LogP) is 6.79. The van der Waals surface area contributed by atoms with E-state index >= 15 is 0 Å². The zero-order valence-corrected chi connectivity index (χ0v) is 22.1. The Kier molecular flexibility index (Phi) is 7.03. The minimum atomic E-state index is 0.0286. The van der Waals surface area contributed by atoms with Crippen molar-refractivity contribution in [1.82, 2.24) is 19.9 Å². The van der Waals surface area contributed by atoms with Gasteiger partial charge >= 0.3 is 0 Å². The molecule has 2 aromatic carbocycles. The Bertz CT molecular complexity index is 1550. The Hall–Kier alpha value is -4.01. The van der Waals surface area contributed by atoms with Crippen LogP contribution in [-0.2, 0) is 6.54 Å². The van der Waals surface area contributed by atoms with Crippen LogP contribution in [0.4, 0.5) is 5.82 Å². The van der Waals surface area contributed by atoms with Crippen LogP contribution >= 0.6 is 11.3 Å². The molecule has 37 heavy (non-hydrogen) atoms. The van der Waals surface area contributed by atoms with Gasteiger partial charge in [0.1, 0.15) is 23.1 Å². The number of ether oxygens (including phenoxy) is 1. The minimum absolute atomic E-state index is 0.0286. The summed E-state index contributed by atoms with van der Waals surface area (Å²) < 4.78 is 5.88.